The summed E-state index contributed by atoms with van der Waals surface area (Å²) in [6, 6.07) is 18.1. The molecule has 2 aromatic carbocycles. The molecule has 1 atom stereocenters. The Bertz CT molecular complexity index is 1110. The van der Waals surface area contributed by atoms with Gasteiger partial charge in [-0.25, -0.2) is 0 Å². The summed E-state index contributed by atoms with van der Waals surface area (Å²) in [7, 11) is 0. The van der Waals surface area contributed by atoms with Gasteiger partial charge in [0.25, 0.3) is 11.8 Å². The molecule has 4 rings (SSSR count). The van der Waals surface area contributed by atoms with Gasteiger partial charge in [-0.15, -0.1) is 0 Å². The Hall–Kier alpha value is -2.90. The molecule has 1 fully saturated rings. The number of carbonyl (C=O) groups is 2. The summed E-state index contributed by atoms with van der Waals surface area (Å²) in [6.45, 7) is 4.38. The molecule has 1 aliphatic heterocycles. The van der Waals surface area contributed by atoms with E-state index in [1.165, 1.54) is 0 Å². The van der Waals surface area contributed by atoms with Crippen LogP contribution < -0.4 is 10.6 Å². The molecular weight excluding hydrogens is 470 g/mol. The van der Waals surface area contributed by atoms with Gasteiger partial charge in [-0.3, -0.25) is 14.5 Å². The zero-order valence-corrected chi connectivity index (χ0v) is 19.5. The van der Waals surface area contributed by atoms with Gasteiger partial charge in [0, 0.05) is 27.8 Å². The molecule has 2 N–H and O–H groups in total. The molecule has 3 aromatic rings. The van der Waals surface area contributed by atoms with E-state index in [-0.39, 0.29) is 17.9 Å². The van der Waals surface area contributed by atoms with Crippen molar-refractivity contribution < 1.29 is 14.0 Å². The number of halogens is 1. The van der Waals surface area contributed by atoms with Gasteiger partial charge in [-0.1, -0.05) is 28.1 Å². The van der Waals surface area contributed by atoms with Crippen LogP contribution in [0.1, 0.15) is 51.1 Å². The standard InChI is InChI=1S/C25H26BrN3O3/c1-17-10-11-23(32-17)22(29-12-2-3-13-29)16-27-24(30)19-7-5-9-21(15-19)28-25(31)18-6-4-8-20(26)14-18/h4-11,14-15,22H,2-3,12-13,16H2,1H3,(H,27,30)(H,28,31). The average molecular weight is 496 g/mol. The summed E-state index contributed by atoms with van der Waals surface area (Å²) >= 11 is 3.37. The first-order valence-corrected chi connectivity index (χ1v) is 11.5. The van der Waals surface area contributed by atoms with E-state index >= 15 is 0 Å². The second-order valence-electron chi connectivity index (χ2n) is 7.96. The van der Waals surface area contributed by atoms with E-state index in [1.54, 1.807) is 42.5 Å². The predicted molar refractivity (Wildman–Crippen MR) is 128 cm³/mol. The van der Waals surface area contributed by atoms with E-state index in [1.807, 2.05) is 25.1 Å². The molecule has 2 amide bonds. The Labute approximate surface area is 196 Å². The van der Waals surface area contributed by atoms with Gasteiger partial charge in [0.2, 0.25) is 0 Å². The summed E-state index contributed by atoms with van der Waals surface area (Å²) in [6.07, 6.45) is 2.31. The molecule has 0 saturated carbocycles. The molecule has 1 saturated heterocycles. The lowest BCUT2D eigenvalue weighted by Gasteiger charge is -2.26. The van der Waals surface area contributed by atoms with Gasteiger partial charge in [-0.2, -0.15) is 0 Å². The van der Waals surface area contributed by atoms with Gasteiger partial charge in [-0.05, 0) is 81.4 Å². The highest BCUT2D eigenvalue weighted by Crippen LogP contribution is 2.26. The molecule has 166 valence electrons. The van der Waals surface area contributed by atoms with Crippen LogP contribution in [0, 0.1) is 6.92 Å². The Balaban J connectivity index is 1.42. The van der Waals surface area contributed by atoms with Crippen molar-refractivity contribution >= 4 is 33.4 Å². The number of aryl methyl sites for hydroxylation is 1. The highest BCUT2D eigenvalue weighted by atomic mass is 79.9. The topological polar surface area (TPSA) is 74.6 Å². The molecule has 1 aromatic heterocycles. The lowest BCUT2D eigenvalue weighted by Crippen LogP contribution is -2.36. The third kappa shape index (κ3) is 5.47. The quantitative estimate of drug-likeness (QED) is 0.474. The van der Waals surface area contributed by atoms with Crippen LogP contribution in [0.15, 0.2) is 69.6 Å². The molecule has 1 unspecified atom stereocenters. The monoisotopic (exact) mass is 495 g/mol. The van der Waals surface area contributed by atoms with Crippen molar-refractivity contribution in [1.29, 1.82) is 0 Å². The average Bonchev–Trinajstić information content (AvgIpc) is 3.46. The highest BCUT2D eigenvalue weighted by Gasteiger charge is 2.26. The summed E-state index contributed by atoms with van der Waals surface area (Å²) in [5.41, 5.74) is 1.60. The smallest absolute Gasteiger partial charge is 0.255 e. The van der Waals surface area contributed by atoms with Gasteiger partial charge in [0.15, 0.2) is 0 Å². The van der Waals surface area contributed by atoms with Crippen molar-refractivity contribution in [3.63, 3.8) is 0 Å². The number of amides is 2. The molecule has 1 aliphatic rings. The van der Waals surface area contributed by atoms with E-state index < -0.39 is 0 Å². The summed E-state index contributed by atoms with van der Waals surface area (Å²) in [5, 5.41) is 5.90. The van der Waals surface area contributed by atoms with Crippen molar-refractivity contribution in [3.05, 3.63) is 87.8 Å². The molecule has 0 radical (unpaired) electrons. The third-order valence-corrected chi connectivity index (χ3v) is 6.09. The first kappa shape index (κ1) is 22.3. The van der Waals surface area contributed by atoms with E-state index in [2.05, 4.69) is 31.5 Å². The number of likely N-dealkylation sites (tertiary alicyclic amines) is 1. The predicted octanol–water partition coefficient (Wildman–Crippen LogP) is 5.17. The molecule has 2 heterocycles. The van der Waals surface area contributed by atoms with E-state index in [0.717, 1.165) is 41.9 Å². The first-order chi connectivity index (χ1) is 15.5. The number of nitrogens with one attached hydrogen (secondary N) is 2. The summed E-state index contributed by atoms with van der Waals surface area (Å²) < 4.78 is 6.70. The lowest BCUT2D eigenvalue weighted by atomic mass is 10.1. The maximum Gasteiger partial charge on any atom is 0.255 e. The van der Waals surface area contributed by atoms with Crippen molar-refractivity contribution in [3.8, 4) is 0 Å². The van der Waals surface area contributed by atoms with Gasteiger partial charge in [0.1, 0.15) is 11.5 Å². The Morgan fingerprint density at radius 1 is 1.00 bits per heavy atom. The Morgan fingerprint density at radius 3 is 2.41 bits per heavy atom. The molecule has 0 spiro atoms. The van der Waals surface area contributed by atoms with Crippen LogP contribution in [0.4, 0.5) is 5.69 Å². The second-order valence-corrected chi connectivity index (χ2v) is 8.88. The lowest BCUT2D eigenvalue weighted by molar-refractivity contribution is 0.0932. The minimum Gasteiger partial charge on any atom is -0.465 e. The Morgan fingerprint density at radius 2 is 1.72 bits per heavy atom. The van der Waals surface area contributed by atoms with Crippen LogP contribution in [-0.2, 0) is 0 Å². The van der Waals surface area contributed by atoms with E-state index in [0.29, 0.717) is 23.4 Å². The zero-order chi connectivity index (χ0) is 22.5. The molecule has 0 aliphatic carbocycles. The number of furan rings is 1. The third-order valence-electron chi connectivity index (χ3n) is 5.60. The summed E-state index contributed by atoms with van der Waals surface area (Å²) in [5.74, 6) is 1.33. The fourth-order valence-corrected chi connectivity index (χ4v) is 4.36. The van der Waals surface area contributed by atoms with Crippen molar-refractivity contribution in [1.82, 2.24) is 10.2 Å². The maximum atomic E-state index is 12.9. The fraction of sp³-hybridized carbons (Fsp3) is 0.280. The normalized spacial score (nSPS) is 14.8. The van der Waals surface area contributed by atoms with Crippen LogP contribution in [0.5, 0.6) is 0 Å². The van der Waals surface area contributed by atoms with Crippen molar-refractivity contribution in [2.45, 2.75) is 25.8 Å². The van der Waals surface area contributed by atoms with Gasteiger partial charge < -0.3 is 15.1 Å². The number of benzene rings is 2. The highest BCUT2D eigenvalue weighted by molar-refractivity contribution is 9.10. The number of hydrogen-bond donors (Lipinski definition) is 2. The molecule has 7 heteroatoms. The molecule has 0 bridgehead atoms. The van der Waals surface area contributed by atoms with Crippen LogP contribution >= 0.6 is 15.9 Å². The van der Waals surface area contributed by atoms with Crippen LogP contribution in [0.25, 0.3) is 0 Å². The van der Waals surface area contributed by atoms with Crippen LogP contribution in [0.2, 0.25) is 0 Å². The fourth-order valence-electron chi connectivity index (χ4n) is 3.96. The minimum atomic E-state index is -0.230. The number of hydrogen-bond acceptors (Lipinski definition) is 4. The molecule has 6 nitrogen and oxygen atoms in total. The van der Waals surface area contributed by atoms with Gasteiger partial charge in [0.05, 0.1) is 6.04 Å². The summed E-state index contributed by atoms with van der Waals surface area (Å²) in [4.78, 5) is 27.7. The zero-order valence-electron chi connectivity index (χ0n) is 17.9. The number of carbonyl (C=O) groups excluding carboxylic acids is 2. The van der Waals surface area contributed by atoms with Gasteiger partial charge >= 0.3 is 0 Å². The Kier molecular flexibility index (Phi) is 7.07. The van der Waals surface area contributed by atoms with Crippen LogP contribution in [0.3, 0.4) is 0 Å². The van der Waals surface area contributed by atoms with Crippen molar-refractivity contribution in [2.75, 3.05) is 25.0 Å². The number of rotatable bonds is 7. The second kappa shape index (κ2) is 10.1. The molecule has 32 heavy (non-hydrogen) atoms. The van der Waals surface area contributed by atoms with Crippen molar-refractivity contribution in [2.24, 2.45) is 0 Å². The maximum absolute atomic E-state index is 12.9. The van der Waals surface area contributed by atoms with E-state index in [4.69, 9.17) is 4.42 Å². The minimum absolute atomic E-state index is 0.00885. The SMILES string of the molecule is Cc1ccc(C(CNC(=O)c2cccc(NC(=O)c3cccc(Br)c3)c2)N2CCCC2)o1. The first-order valence-electron chi connectivity index (χ1n) is 10.8. The number of anilines is 1. The van der Waals surface area contributed by atoms with Crippen LogP contribution in [-0.4, -0.2) is 36.3 Å². The largest absolute Gasteiger partial charge is 0.465 e. The van der Waals surface area contributed by atoms with E-state index in [9.17, 15) is 9.59 Å². The molecular formula is C25H26BrN3O3. The number of nitrogens with zero attached hydrogens (tertiary/aromatic N) is 1.